The average Bonchev–Trinajstić information content (AvgIpc) is 2.56. The molecule has 1 heterocycles. The summed E-state index contributed by atoms with van der Waals surface area (Å²) in [5.74, 6) is 0. The van der Waals surface area contributed by atoms with Gasteiger partial charge in [0.15, 0.2) is 0 Å². The third kappa shape index (κ3) is 3.52. The third-order valence-corrected chi connectivity index (χ3v) is 3.19. The normalized spacial score (nSPS) is 22.6. The van der Waals surface area contributed by atoms with E-state index >= 15 is 0 Å². The molecule has 14 heavy (non-hydrogen) atoms. The highest BCUT2D eigenvalue weighted by Gasteiger charge is 2.22. The standard InChI is InChI=1S/C10H19NO2S/c1-10(2,9(11)14)4-6-13-8-3-5-12-7-8/h8H,3-7H2,1-2H3,(H2,11,14). The first-order chi connectivity index (χ1) is 6.52. The van der Waals surface area contributed by atoms with Crippen molar-refractivity contribution in [2.75, 3.05) is 19.8 Å². The van der Waals surface area contributed by atoms with Crippen molar-refractivity contribution in [3.63, 3.8) is 0 Å². The SMILES string of the molecule is CC(C)(CCOC1CCOC1)C(N)=S. The van der Waals surface area contributed by atoms with Gasteiger partial charge in [0.05, 0.1) is 17.7 Å². The highest BCUT2D eigenvalue weighted by atomic mass is 32.1. The van der Waals surface area contributed by atoms with E-state index in [1.165, 1.54) is 0 Å². The van der Waals surface area contributed by atoms with E-state index in [0.717, 1.165) is 26.1 Å². The van der Waals surface area contributed by atoms with E-state index in [1.54, 1.807) is 0 Å². The third-order valence-electron chi connectivity index (χ3n) is 2.64. The number of rotatable bonds is 5. The Bertz CT molecular complexity index is 200. The van der Waals surface area contributed by atoms with Crippen molar-refractivity contribution in [3.05, 3.63) is 0 Å². The van der Waals surface area contributed by atoms with Crippen LogP contribution in [0, 0.1) is 5.41 Å². The maximum atomic E-state index is 5.65. The van der Waals surface area contributed by atoms with Crippen LogP contribution in [0.5, 0.6) is 0 Å². The second kappa shape index (κ2) is 5.05. The minimum Gasteiger partial charge on any atom is -0.393 e. The van der Waals surface area contributed by atoms with Gasteiger partial charge in [0.1, 0.15) is 0 Å². The maximum absolute atomic E-state index is 5.65. The van der Waals surface area contributed by atoms with Crippen LogP contribution in [0.15, 0.2) is 0 Å². The van der Waals surface area contributed by atoms with Crippen molar-refractivity contribution < 1.29 is 9.47 Å². The topological polar surface area (TPSA) is 44.5 Å². The van der Waals surface area contributed by atoms with Crippen LogP contribution in [0.2, 0.25) is 0 Å². The van der Waals surface area contributed by atoms with Gasteiger partial charge in [-0.25, -0.2) is 0 Å². The van der Waals surface area contributed by atoms with Crippen LogP contribution in [0.1, 0.15) is 26.7 Å². The van der Waals surface area contributed by atoms with Crippen molar-refractivity contribution in [2.45, 2.75) is 32.8 Å². The molecule has 3 nitrogen and oxygen atoms in total. The molecule has 1 unspecified atom stereocenters. The molecule has 0 amide bonds. The second-order valence-electron chi connectivity index (χ2n) is 4.35. The highest BCUT2D eigenvalue weighted by Crippen LogP contribution is 2.21. The van der Waals surface area contributed by atoms with Crippen LogP contribution < -0.4 is 5.73 Å². The zero-order valence-electron chi connectivity index (χ0n) is 8.91. The molecule has 0 bridgehead atoms. The molecule has 0 spiro atoms. The molecule has 1 saturated heterocycles. The van der Waals surface area contributed by atoms with Gasteiger partial charge < -0.3 is 15.2 Å². The number of nitrogens with two attached hydrogens (primary N) is 1. The number of hydrogen-bond donors (Lipinski definition) is 1. The van der Waals surface area contributed by atoms with Gasteiger partial charge >= 0.3 is 0 Å². The Morgan fingerprint density at radius 3 is 2.86 bits per heavy atom. The molecule has 0 saturated carbocycles. The fourth-order valence-electron chi connectivity index (χ4n) is 1.25. The molecule has 1 rings (SSSR count). The quantitative estimate of drug-likeness (QED) is 0.709. The lowest BCUT2D eigenvalue weighted by Crippen LogP contribution is -2.31. The summed E-state index contributed by atoms with van der Waals surface area (Å²) in [6, 6.07) is 0. The number of ether oxygens (including phenoxy) is 2. The van der Waals surface area contributed by atoms with E-state index in [-0.39, 0.29) is 11.5 Å². The van der Waals surface area contributed by atoms with Crippen molar-refractivity contribution >= 4 is 17.2 Å². The summed E-state index contributed by atoms with van der Waals surface area (Å²) in [5.41, 5.74) is 5.51. The monoisotopic (exact) mass is 217 g/mol. The Hall–Kier alpha value is -0.190. The molecule has 1 atom stereocenters. The predicted octanol–water partition coefficient (Wildman–Crippen LogP) is 1.49. The molecule has 0 aromatic carbocycles. The molecule has 0 aromatic rings. The fraction of sp³-hybridized carbons (Fsp3) is 0.900. The summed E-state index contributed by atoms with van der Waals surface area (Å²) in [6.45, 7) is 6.35. The van der Waals surface area contributed by atoms with Crippen LogP contribution in [-0.4, -0.2) is 30.9 Å². The van der Waals surface area contributed by atoms with Gasteiger partial charge in [-0.2, -0.15) is 0 Å². The largest absolute Gasteiger partial charge is 0.393 e. The van der Waals surface area contributed by atoms with Gasteiger partial charge in [-0.1, -0.05) is 26.1 Å². The lowest BCUT2D eigenvalue weighted by Gasteiger charge is -2.23. The van der Waals surface area contributed by atoms with Gasteiger partial charge in [-0.3, -0.25) is 0 Å². The smallest absolute Gasteiger partial charge is 0.0830 e. The summed E-state index contributed by atoms with van der Waals surface area (Å²) < 4.78 is 10.9. The van der Waals surface area contributed by atoms with Gasteiger partial charge in [0.2, 0.25) is 0 Å². The zero-order chi connectivity index (χ0) is 10.6. The number of thiocarbonyl (C=S) groups is 1. The molecular formula is C10H19NO2S. The Balaban J connectivity index is 2.16. The molecule has 1 aliphatic heterocycles. The van der Waals surface area contributed by atoms with Crippen molar-refractivity contribution in [3.8, 4) is 0 Å². The summed E-state index contributed by atoms with van der Waals surface area (Å²) in [6.07, 6.45) is 2.16. The van der Waals surface area contributed by atoms with Crippen LogP contribution in [-0.2, 0) is 9.47 Å². The Kier molecular flexibility index (Phi) is 4.29. The summed E-state index contributed by atoms with van der Waals surface area (Å²) >= 11 is 4.98. The van der Waals surface area contributed by atoms with Gasteiger partial charge in [0, 0.05) is 18.6 Å². The molecular weight excluding hydrogens is 198 g/mol. The highest BCUT2D eigenvalue weighted by molar-refractivity contribution is 7.80. The predicted molar refractivity (Wildman–Crippen MR) is 60.4 cm³/mol. The molecule has 2 N–H and O–H groups in total. The first-order valence-electron chi connectivity index (χ1n) is 5.01. The van der Waals surface area contributed by atoms with E-state index < -0.39 is 0 Å². The van der Waals surface area contributed by atoms with Crippen LogP contribution in [0.4, 0.5) is 0 Å². The minimum atomic E-state index is -0.102. The summed E-state index contributed by atoms with van der Waals surface area (Å²) in [7, 11) is 0. The number of hydrogen-bond acceptors (Lipinski definition) is 3. The van der Waals surface area contributed by atoms with Gasteiger partial charge in [0.25, 0.3) is 0 Å². The van der Waals surface area contributed by atoms with Crippen molar-refractivity contribution in [1.82, 2.24) is 0 Å². The first-order valence-corrected chi connectivity index (χ1v) is 5.42. The molecule has 0 radical (unpaired) electrons. The maximum Gasteiger partial charge on any atom is 0.0830 e. The van der Waals surface area contributed by atoms with Crippen LogP contribution in [0.3, 0.4) is 0 Å². The minimum absolute atomic E-state index is 0.102. The second-order valence-corrected chi connectivity index (χ2v) is 4.79. The van der Waals surface area contributed by atoms with Gasteiger partial charge in [-0.15, -0.1) is 0 Å². The van der Waals surface area contributed by atoms with Crippen LogP contribution >= 0.6 is 12.2 Å². The van der Waals surface area contributed by atoms with E-state index in [4.69, 9.17) is 27.4 Å². The Morgan fingerprint density at radius 2 is 2.36 bits per heavy atom. The molecule has 1 aliphatic rings. The molecule has 82 valence electrons. The zero-order valence-corrected chi connectivity index (χ0v) is 9.73. The molecule has 1 fully saturated rings. The first kappa shape index (κ1) is 11.9. The van der Waals surface area contributed by atoms with E-state index in [1.807, 2.05) is 13.8 Å². The Morgan fingerprint density at radius 1 is 1.64 bits per heavy atom. The molecule has 4 heteroatoms. The summed E-state index contributed by atoms with van der Waals surface area (Å²) in [4.78, 5) is 0.559. The molecule has 0 aliphatic carbocycles. The lowest BCUT2D eigenvalue weighted by atomic mass is 9.90. The van der Waals surface area contributed by atoms with Crippen molar-refractivity contribution in [2.24, 2.45) is 11.1 Å². The van der Waals surface area contributed by atoms with E-state index in [0.29, 0.717) is 11.6 Å². The average molecular weight is 217 g/mol. The lowest BCUT2D eigenvalue weighted by molar-refractivity contribution is 0.0338. The van der Waals surface area contributed by atoms with Crippen molar-refractivity contribution in [1.29, 1.82) is 0 Å². The Labute approximate surface area is 90.9 Å². The summed E-state index contributed by atoms with van der Waals surface area (Å²) in [5, 5.41) is 0. The van der Waals surface area contributed by atoms with Gasteiger partial charge in [-0.05, 0) is 12.8 Å². The van der Waals surface area contributed by atoms with E-state index in [2.05, 4.69) is 0 Å². The van der Waals surface area contributed by atoms with E-state index in [9.17, 15) is 0 Å². The molecule has 0 aromatic heterocycles. The fourth-order valence-corrected chi connectivity index (χ4v) is 1.35. The van der Waals surface area contributed by atoms with Crippen LogP contribution in [0.25, 0.3) is 0 Å².